The van der Waals surface area contributed by atoms with Gasteiger partial charge in [0.2, 0.25) is 0 Å². The summed E-state index contributed by atoms with van der Waals surface area (Å²) in [5, 5.41) is 4.52. The van der Waals surface area contributed by atoms with Gasteiger partial charge in [0.25, 0.3) is 0 Å². The molecule has 0 saturated heterocycles. The van der Waals surface area contributed by atoms with Crippen LogP contribution < -0.4 is 10.3 Å². The number of nitrogens with zero attached hydrogens (tertiary/aromatic N) is 4. The number of fused-ring (bicyclic) bond motifs is 1. The Morgan fingerprint density at radius 3 is 2.28 bits per heavy atom. The zero-order chi connectivity index (χ0) is 17.6. The van der Waals surface area contributed by atoms with Gasteiger partial charge in [-0.25, -0.2) is 9.97 Å². The lowest BCUT2D eigenvalue weighted by Gasteiger charge is -2.20. The molecule has 0 bridgehead atoms. The molecule has 0 amide bonds. The van der Waals surface area contributed by atoms with Crippen molar-refractivity contribution < 1.29 is 0 Å². The van der Waals surface area contributed by atoms with Gasteiger partial charge < -0.3 is 4.90 Å². The fourth-order valence-electron chi connectivity index (χ4n) is 2.58. The summed E-state index contributed by atoms with van der Waals surface area (Å²) >= 11 is 6.16. The van der Waals surface area contributed by atoms with Gasteiger partial charge in [-0.05, 0) is 43.7 Å². The van der Waals surface area contributed by atoms with Crippen molar-refractivity contribution in [3.63, 3.8) is 0 Å². The minimum Gasteiger partial charge on any atom is -0.372 e. The van der Waals surface area contributed by atoms with E-state index in [0.29, 0.717) is 11.0 Å². The summed E-state index contributed by atoms with van der Waals surface area (Å²) in [4.78, 5) is 11.0. The van der Waals surface area contributed by atoms with Crippen LogP contribution in [0.1, 0.15) is 19.4 Å². The van der Waals surface area contributed by atoms with Gasteiger partial charge in [0.15, 0.2) is 11.0 Å². The second-order valence-electron chi connectivity index (χ2n) is 5.49. The summed E-state index contributed by atoms with van der Waals surface area (Å²) in [6.07, 6.45) is 1.74. The van der Waals surface area contributed by atoms with Crippen LogP contribution in [-0.4, -0.2) is 29.3 Å². The number of anilines is 2. The molecule has 1 heterocycles. The number of halogens is 1. The summed E-state index contributed by atoms with van der Waals surface area (Å²) in [5.41, 5.74) is 6.60. The van der Waals surface area contributed by atoms with E-state index in [1.165, 1.54) is 5.69 Å². The smallest absolute Gasteiger partial charge is 0.185 e. The normalized spacial score (nSPS) is 11.2. The number of hydrogen-bond acceptors (Lipinski definition) is 5. The van der Waals surface area contributed by atoms with Crippen molar-refractivity contribution in [2.45, 2.75) is 13.8 Å². The number of benzene rings is 2. The van der Waals surface area contributed by atoms with Gasteiger partial charge in [-0.3, -0.25) is 5.43 Å². The molecule has 0 aliphatic heterocycles. The van der Waals surface area contributed by atoms with Gasteiger partial charge in [0.1, 0.15) is 0 Å². The van der Waals surface area contributed by atoms with E-state index < -0.39 is 0 Å². The van der Waals surface area contributed by atoms with E-state index >= 15 is 0 Å². The van der Waals surface area contributed by atoms with Gasteiger partial charge >= 0.3 is 0 Å². The first-order valence-electron chi connectivity index (χ1n) is 8.27. The Kier molecular flexibility index (Phi) is 5.46. The molecule has 0 unspecified atom stereocenters. The summed E-state index contributed by atoms with van der Waals surface area (Å²) in [6.45, 7) is 6.28. The predicted molar refractivity (Wildman–Crippen MR) is 106 cm³/mol. The zero-order valence-corrected chi connectivity index (χ0v) is 15.0. The van der Waals surface area contributed by atoms with E-state index in [1.807, 2.05) is 36.4 Å². The fraction of sp³-hybridized carbons (Fsp3) is 0.211. The van der Waals surface area contributed by atoms with Crippen LogP contribution in [0.5, 0.6) is 0 Å². The Balaban J connectivity index is 1.72. The standard InChI is InChI=1S/C19H20ClN5/c1-3-25(4-2)15-11-9-14(10-12-15)13-21-24-19-18(20)22-16-7-5-6-8-17(16)23-19/h5-13H,3-4H2,1-2H3,(H,23,24)/b21-13+. The fourth-order valence-corrected chi connectivity index (χ4v) is 2.75. The molecule has 2 aromatic carbocycles. The molecule has 128 valence electrons. The molecule has 5 nitrogen and oxygen atoms in total. The second-order valence-corrected chi connectivity index (χ2v) is 5.84. The topological polar surface area (TPSA) is 53.4 Å². The highest BCUT2D eigenvalue weighted by atomic mass is 35.5. The van der Waals surface area contributed by atoms with E-state index in [1.54, 1.807) is 6.21 Å². The first kappa shape index (κ1) is 17.2. The van der Waals surface area contributed by atoms with Crippen LogP contribution in [0.3, 0.4) is 0 Å². The Bertz CT molecular complexity index is 873. The number of hydrogen-bond donors (Lipinski definition) is 1. The quantitative estimate of drug-likeness (QED) is 0.520. The lowest BCUT2D eigenvalue weighted by Crippen LogP contribution is -2.21. The molecule has 3 aromatic rings. The van der Waals surface area contributed by atoms with Crippen molar-refractivity contribution in [2.75, 3.05) is 23.4 Å². The van der Waals surface area contributed by atoms with Gasteiger partial charge in [-0.2, -0.15) is 5.10 Å². The van der Waals surface area contributed by atoms with Crippen LogP contribution >= 0.6 is 11.6 Å². The predicted octanol–water partition coefficient (Wildman–Crippen LogP) is 4.58. The molecule has 6 heteroatoms. The maximum atomic E-state index is 6.16. The van der Waals surface area contributed by atoms with Crippen molar-refractivity contribution in [1.29, 1.82) is 0 Å². The molecule has 1 aromatic heterocycles. The summed E-state index contributed by atoms with van der Waals surface area (Å²) in [7, 11) is 0. The minimum absolute atomic E-state index is 0.299. The van der Waals surface area contributed by atoms with E-state index in [0.717, 1.165) is 29.7 Å². The average molecular weight is 354 g/mol. The lowest BCUT2D eigenvalue weighted by molar-refractivity contribution is 0.866. The summed E-state index contributed by atoms with van der Waals surface area (Å²) in [5.74, 6) is 0.441. The van der Waals surface area contributed by atoms with Crippen LogP contribution in [0.15, 0.2) is 53.6 Å². The minimum atomic E-state index is 0.299. The maximum Gasteiger partial charge on any atom is 0.185 e. The van der Waals surface area contributed by atoms with Crippen LogP contribution in [0, 0.1) is 0 Å². The molecule has 0 spiro atoms. The largest absolute Gasteiger partial charge is 0.372 e. The number of nitrogens with one attached hydrogen (secondary N) is 1. The molecule has 0 fully saturated rings. The third-order valence-corrected chi connectivity index (χ3v) is 4.20. The van der Waals surface area contributed by atoms with Crippen molar-refractivity contribution in [3.8, 4) is 0 Å². The molecule has 3 rings (SSSR count). The molecule has 0 saturated carbocycles. The van der Waals surface area contributed by atoms with Gasteiger partial charge in [0, 0.05) is 18.8 Å². The average Bonchev–Trinajstić information content (AvgIpc) is 2.64. The SMILES string of the molecule is CCN(CC)c1ccc(/C=N/Nc2nc3ccccc3nc2Cl)cc1. The maximum absolute atomic E-state index is 6.16. The first-order valence-corrected chi connectivity index (χ1v) is 8.65. The summed E-state index contributed by atoms with van der Waals surface area (Å²) < 4.78 is 0. The summed E-state index contributed by atoms with van der Waals surface area (Å²) in [6, 6.07) is 15.8. The highest BCUT2D eigenvalue weighted by Crippen LogP contribution is 2.21. The molecule has 0 aliphatic rings. The first-order chi connectivity index (χ1) is 12.2. The highest BCUT2D eigenvalue weighted by molar-refractivity contribution is 6.32. The number of rotatable bonds is 6. The van der Waals surface area contributed by atoms with Crippen molar-refractivity contribution in [3.05, 3.63) is 59.2 Å². The molecule has 0 radical (unpaired) electrons. The van der Waals surface area contributed by atoms with Crippen molar-refractivity contribution in [2.24, 2.45) is 5.10 Å². The van der Waals surface area contributed by atoms with E-state index in [2.05, 4.69) is 51.4 Å². The Morgan fingerprint density at radius 2 is 1.64 bits per heavy atom. The molecule has 25 heavy (non-hydrogen) atoms. The highest BCUT2D eigenvalue weighted by Gasteiger charge is 2.05. The van der Waals surface area contributed by atoms with Crippen molar-refractivity contribution >= 4 is 40.4 Å². The number of hydrazone groups is 1. The Morgan fingerprint density at radius 1 is 1.00 bits per heavy atom. The number of para-hydroxylation sites is 2. The van der Waals surface area contributed by atoms with Crippen LogP contribution in [-0.2, 0) is 0 Å². The molecule has 0 aliphatic carbocycles. The number of aromatic nitrogens is 2. The van der Waals surface area contributed by atoms with Gasteiger partial charge in [-0.1, -0.05) is 35.9 Å². The Labute approximate surface area is 152 Å². The van der Waals surface area contributed by atoms with Crippen LogP contribution in [0.4, 0.5) is 11.5 Å². The lowest BCUT2D eigenvalue weighted by atomic mass is 10.2. The van der Waals surface area contributed by atoms with E-state index in [4.69, 9.17) is 11.6 Å². The molecule has 0 atom stereocenters. The Hall–Kier alpha value is -2.66. The van der Waals surface area contributed by atoms with E-state index in [-0.39, 0.29) is 0 Å². The molecular weight excluding hydrogens is 334 g/mol. The second kappa shape index (κ2) is 7.94. The van der Waals surface area contributed by atoms with Crippen LogP contribution in [0.25, 0.3) is 11.0 Å². The van der Waals surface area contributed by atoms with E-state index in [9.17, 15) is 0 Å². The van der Waals surface area contributed by atoms with Crippen molar-refractivity contribution in [1.82, 2.24) is 9.97 Å². The van der Waals surface area contributed by atoms with Gasteiger partial charge in [0.05, 0.1) is 17.2 Å². The van der Waals surface area contributed by atoms with Gasteiger partial charge in [-0.15, -0.1) is 0 Å². The zero-order valence-electron chi connectivity index (χ0n) is 14.3. The molecular formula is C19H20ClN5. The molecule has 1 N–H and O–H groups in total. The van der Waals surface area contributed by atoms with Crippen LogP contribution in [0.2, 0.25) is 5.15 Å². The third kappa shape index (κ3) is 4.06. The third-order valence-electron chi connectivity index (χ3n) is 3.93. The monoisotopic (exact) mass is 353 g/mol.